The summed E-state index contributed by atoms with van der Waals surface area (Å²) in [6.07, 6.45) is 5.40. The molecule has 0 fully saturated rings. The van der Waals surface area contributed by atoms with Gasteiger partial charge in [-0.05, 0) is 24.6 Å². The number of hydrogen-bond acceptors (Lipinski definition) is 1. The first-order chi connectivity index (χ1) is 9.38. The van der Waals surface area contributed by atoms with Crippen molar-refractivity contribution in [2.45, 2.75) is 33.7 Å². The highest BCUT2D eigenvalue weighted by Gasteiger charge is 2.16. The van der Waals surface area contributed by atoms with Crippen LogP contribution in [0.3, 0.4) is 0 Å². The van der Waals surface area contributed by atoms with E-state index in [9.17, 15) is 0 Å². The molecule has 0 bridgehead atoms. The zero-order chi connectivity index (χ0) is 13.7. The van der Waals surface area contributed by atoms with Crippen LogP contribution in [0.1, 0.15) is 38.3 Å². The minimum absolute atomic E-state index is 0.963. The minimum atomic E-state index is 0.963. The molecule has 1 nitrogen and oxygen atoms in total. The van der Waals surface area contributed by atoms with Gasteiger partial charge in [-0.2, -0.15) is 0 Å². The van der Waals surface area contributed by atoms with Crippen LogP contribution >= 0.6 is 0 Å². The van der Waals surface area contributed by atoms with Crippen LogP contribution in [0.5, 0.6) is 0 Å². The summed E-state index contributed by atoms with van der Waals surface area (Å²) in [6, 6.07) is 8.45. The van der Waals surface area contributed by atoms with Crippen LogP contribution in [0.25, 0.3) is 0 Å². The number of fused-ring (bicyclic) bond motifs is 1. The van der Waals surface area contributed by atoms with Crippen molar-refractivity contribution >= 4 is 0 Å². The lowest BCUT2D eigenvalue weighted by atomic mass is 10.0. The van der Waals surface area contributed by atoms with Crippen molar-refractivity contribution in [3.63, 3.8) is 0 Å². The average molecular weight is 251 g/mol. The predicted molar refractivity (Wildman–Crippen MR) is 81.5 cm³/mol. The summed E-state index contributed by atoms with van der Waals surface area (Å²) in [5, 5.41) is 0. The first kappa shape index (κ1) is 13.5. The third-order valence-electron chi connectivity index (χ3n) is 3.36. The number of benzene rings is 1. The van der Waals surface area contributed by atoms with E-state index in [1.807, 2.05) is 13.8 Å². The Labute approximate surface area is 116 Å². The Hall–Kier alpha value is -1.94. The zero-order valence-electron chi connectivity index (χ0n) is 12.0. The molecule has 3 rings (SSSR count). The van der Waals surface area contributed by atoms with Crippen molar-refractivity contribution in [3.05, 3.63) is 58.8 Å². The fraction of sp³-hybridized carbons (Fsp3) is 0.333. The van der Waals surface area contributed by atoms with Crippen molar-refractivity contribution in [2.24, 2.45) is 0 Å². The van der Waals surface area contributed by atoms with Crippen molar-refractivity contribution in [3.8, 4) is 11.8 Å². The lowest BCUT2D eigenvalue weighted by Crippen LogP contribution is -2.22. The van der Waals surface area contributed by atoms with Gasteiger partial charge < -0.3 is 4.90 Å². The topological polar surface area (TPSA) is 3.24 Å². The molecule has 0 radical (unpaired) electrons. The highest BCUT2D eigenvalue weighted by atomic mass is 15.1. The second-order valence-corrected chi connectivity index (χ2v) is 4.39. The van der Waals surface area contributed by atoms with E-state index in [0.29, 0.717) is 0 Å². The molecule has 0 saturated carbocycles. The van der Waals surface area contributed by atoms with Crippen LogP contribution in [0.2, 0.25) is 0 Å². The van der Waals surface area contributed by atoms with Gasteiger partial charge in [0.25, 0.3) is 0 Å². The second kappa shape index (κ2) is 6.29. The average Bonchev–Trinajstić information content (AvgIpc) is 2.91. The quantitative estimate of drug-likeness (QED) is 0.679. The maximum Gasteiger partial charge on any atom is 0.0486 e. The molecule has 1 aliphatic heterocycles. The smallest absolute Gasteiger partial charge is 0.0486 e. The lowest BCUT2D eigenvalue weighted by molar-refractivity contribution is 0.365. The van der Waals surface area contributed by atoms with Gasteiger partial charge in [0, 0.05) is 36.3 Å². The number of rotatable bonds is 1. The van der Waals surface area contributed by atoms with Gasteiger partial charge in [-0.25, -0.2) is 0 Å². The van der Waals surface area contributed by atoms with Crippen molar-refractivity contribution in [1.29, 1.82) is 0 Å². The Morgan fingerprint density at radius 2 is 1.95 bits per heavy atom. The van der Waals surface area contributed by atoms with Crippen LogP contribution in [0, 0.1) is 11.8 Å². The predicted octanol–water partition coefficient (Wildman–Crippen LogP) is 4.11. The molecule has 1 aromatic carbocycles. The lowest BCUT2D eigenvalue weighted by Gasteiger charge is -2.25. The van der Waals surface area contributed by atoms with E-state index in [-0.39, 0.29) is 0 Å². The molecular weight excluding hydrogens is 230 g/mol. The van der Waals surface area contributed by atoms with Gasteiger partial charge in [-0.1, -0.05) is 50.0 Å². The van der Waals surface area contributed by atoms with E-state index >= 15 is 0 Å². The summed E-state index contributed by atoms with van der Waals surface area (Å²) < 4.78 is 0. The summed E-state index contributed by atoms with van der Waals surface area (Å²) in [7, 11) is 0. The molecule has 1 aliphatic carbocycles. The molecule has 1 heterocycles. The number of hydrogen-bond donors (Lipinski definition) is 0. The first-order valence-corrected chi connectivity index (χ1v) is 7.13. The zero-order valence-corrected chi connectivity index (χ0v) is 12.0. The maximum absolute atomic E-state index is 3.33. The van der Waals surface area contributed by atoms with E-state index in [1.165, 1.54) is 22.4 Å². The molecule has 0 aromatic heterocycles. The summed E-state index contributed by atoms with van der Waals surface area (Å²) in [6.45, 7) is 8.19. The minimum Gasteiger partial charge on any atom is -0.367 e. The Morgan fingerprint density at radius 3 is 2.74 bits per heavy atom. The van der Waals surface area contributed by atoms with Gasteiger partial charge in [-0.3, -0.25) is 0 Å². The molecular formula is C18H21N. The second-order valence-electron chi connectivity index (χ2n) is 4.39. The monoisotopic (exact) mass is 251 g/mol. The number of nitrogens with zero attached hydrogens (tertiary/aromatic N) is 1. The first-order valence-electron chi connectivity index (χ1n) is 7.13. The molecule has 19 heavy (non-hydrogen) atoms. The summed E-state index contributed by atoms with van der Waals surface area (Å²) in [5.74, 6) is 6.64. The molecule has 98 valence electrons. The summed E-state index contributed by atoms with van der Waals surface area (Å²) >= 11 is 0. The van der Waals surface area contributed by atoms with Crippen molar-refractivity contribution < 1.29 is 0 Å². The Morgan fingerprint density at radius 1 is 1.16 bits per heavy atom. The van der Waals surface area contributed by atoms with Crippen LogP contribution in [-0.2, 0) is 6.54 Å². The highest BCUT2D eigenvalue weighted by Crippen LogP contribution is 2.26. The van der Waals surface area contributed by atoms with Crippen molar-refractivity contribution in [2.75, 3.05) is 6.54 Å². The van der Waals surface area contributed by atoms with Gasteiger partial charge in [0.2, 0.25) is 0 Å². The van der Waals surface area contributed by atoms with E-state index in [1.54, 1.807) is 0 Å². The molecule has 0 atom stereocenters. The van der Waals surface area contributed by atoms with Crippen molar-refractivity contribution in [1.82, 2.24) is 4.90 Å². The summed E-state index contributed by atoms with van der Waals surface area (Å²) in [4.78, 5) is 2.41. The Bertz CT molecular complexity index is 567. The Balaban J connectivity index is 0.000000637. The largest absolute Gasteiger partial charge is 0.367 e. The number of likely N-dealkylation sites (N-methyl/N-ethyl adjacent to an activating group) is 1. The fourth-order valence-electron chi connectivity index (χ4n) is 2.40. The van der Waals surface area contributed by atoms with E-state index < -0.39 is 0 Å². The van der Waals surface area contributed by atoms with Gasteiger partial charge in [0.1, 0.15) is 0 Å². The van der Waals surface area contributed by atoms with E-state index in [4.69, 9.17) is 0 Å². The summed E-state index contributed by atoms with van der Waals surface area (Å²) in [5.41, 5.74) is 5.08. The van der Waals surface area contributed by atoms with Gasteiger partial charge >= 0.3 is 0 Å². The van der Waals surface area contributed by atoms with E-state index in [2.05, 4.69) is 60.1 Å². The van der Waals surface area contributed by atoms with Crippen LogP contribution < -0.4 is 0 Å². The van der Waals surface area contributed by atoms with E-state index in [0.717, 1.165) is 19.5 Å². The van der Waals surface area contributed by atoms with Crippen LogP contribution in [0.4, 0.5) is 0 Å². The van der Waals surface area contributed by atoms with Crippen LogP contribution in [-0.4, -0.2) is 11.4 Å². The molecule has 0 amide bonds. The van der Waals surface area contributed by atoms with Gasteiger partial charge in [-0.15, -0.1) is 0 Å². The Kier molecular flexibility index (Phi) is 4.47. The van der Waals surface area contributed by atoms with Gasteiger partial charge in [0.05, 0.1) is 0 Å². The third kappa shape index (κ3) is 2.74. The SMILES string of the molecule is CC.CCN1Cc2ccccc2C#CC2=C1C=CC2. The third-order valence-corrected chi connectivity index (χ3v) is 3.36. The highest BCUT2D eigenvalue weighted by molar-refractivity contribution is 5.52. The van der Waals surface area contributed by atoms with Gasteiger partial charge in [0.15, 0.2) is 0 Å². The van der Waals surface area contributed by atoms with Crippen LogP contribution in [0.15, 0.2) is 47.7 Å². The molecule has 1 aromatic rings. The molecule has 0 saturated heterocycles. The maximum atomic E-state index is 3.33. The molecule has 0 spiro atoms. The fourth-order valence-corrected chi connectivity index (χ4v) is 2.40. The molecule has 2 aliphatic rings. The molecule has 0 unspecified atom stereocenters. The number of allylic oxidation sites excluding steroid dienone is 3. The standard InChI is InChI=1S/C16H15N.C2H6/c1-2-17-12-15-7-4-3-6-13(15)10-11-14-8-5-9-16(14)17;1-2/h3-7,9H,2,8,12H2,1H3;1-2H3. The normalized spacial score (nSPS) is 15.4. The molecule has 1 heteroatoms. The molecule has 0 N–H and O–H groups in total.